The first-order valence-corrected chi connectivity index (χ1v) is 7.95. The predicted molar refractivity (Wildman–Crippen MR) is 96.1 cm³/mol. The number of nitrogens with zero attached hydrogens (tertiary/aromatic N) is 3. The Balaban J connectivity index is 0.000000500. The monoisotopic (exact) mass is 396 g/mol. The molecule has 0 atom stereocenters. The number of nitrogens with one attached hydrogen (secondary N) is 1. The van der Waals surface area contributed by atoms with Gasteiger partial charge in [0, 0.05) is 23.3 Å². The van der Waals surface area contributed by atoms with Crippen molar-refractivity contribution >= 4 is 30.2 Å². The molecule has 5 nitrogen and oxygen atoms in total. The SMILES string of the molecule is CC1(C)N=C(c2ccccc2F)c2cc([N+]#N)ccc2NC1=O.F[B-](F)(F)F. The number of hydrogen-bond acceptors (Lipinski definition) is 3. The molecule has 0 bridgehead atoms. The number of rotatable bonds is 1. The van der Waals surface area contributed by atoms with E-state index in [9.17, 15) is 26.4 Å². The lowest BCUT2D eigenvalue weighted by Gasteiger charge is -2.17. The quantitative estimate of drug-likeness (QED) is 0.410. The predicted octanol–water partition coefficient (Wildman–Crippen LogP) is 5.18. The summed E-state index contributed by atoms with van der Waals surface area (Å²) in [6, 6.07) is 11.0. The lowest BCUT2D eigenvalue weighted by Crippen LogP contribution is -2.34. The average Bonchev–Trinajstić information content (AvgIpc) is 2.68. The Labute approximate surface area is 157 Å². The van der Waals surface area contributed by atoms with Crippen LogP contribution >= 0.6 is 0 Å². The van der Waals surface area contributed by atoms with E-state index in [0.717, 1.165) is 0 Å². The van der Waals surface area contributed by atoms with E-state index in [1.54, 1.807) is 50.2 Å². The number of benzodiazepines with no additional fused rings is 1. The third-order valence-corrected chi connectivity index (χ3v) is 3.70. The summed E-state index contributed by atoms with van der Waals surface area (Å²) in [7, 11) is -6.00. The van der Waals surface area contributed by atoms with Crippen LogP contribution in [0.15, 0.2) is 47.5 Å². The number of diazo groups is 1. The zero-order valence-electron chi connectivity index (χ0n) is 14.8. The number of carbonyl (C=O) groups excluding carboxylic acids is 1. The van der Waals surface area contributed by atoms with Crippen LogP contribution in [-0.2, 0) is 4.79 Å². The molecule has 0 radical (unpaired) electrons. The van der Waals surface area contributed by atoms with Crippen molar-refractivity contribution in [1.82, 2.24) is 0 Å². The van der Waals surface area contributed by atoms with Crippen molar-refractivity contribution in [3.05, 3.63) is 64.4 Å². The fourth-order valence-electron chi connectivity index (χ4n) is 2.42. The summed E-state index contributed by atoms with van der Waals surface area (Å²) in [6.45, 7) is 3.32. The van der Waals surface area contributed by atoms with Crippen LogP contribution in [0.2, 0.25) is 0 Å². The van der Waals surface area contributed by atoms with Crippen LogP contribution in [0.4, 0.5) is 33.0 Å². The first-order valence-electron chi connectivity index (χ1n) is 7.95. The number of benzene rings is 2. The molecule has 1 N–H and O–H groups in total. The van der Waals surface area contributed by atoms with E-state index < -0.39 is 18.6 Å². The van der Waals surface area contributed by atoms with E-state index in [2.05, 4.69) is 15.3 Å². The number of amides is 1. The maximum Gasteiger partial charge on any atom is 0.673 e. The molecule has 1 aliphatic heterocycles. The normalized spacial score (nSPS) is 15.1. The Bertz CT molecular complexity index is 976. The molecule has 0 aromatic heterocycles. The summed E-state index contributed by atoms with van der Waals surface area (Å²) in [5.74, 6) is -0.729. The van der Waals surface area contributed by atoms with Gasteiger partial charge in [-0.2, -0.15) is 0 Å². The Morgan fingerprint density at radius 3 is 2.25 bits per heavy atom. The molecule has 0 unspecified atom stereocenters. The Morgan fingerprint density at radius 2 is 1.68 bits per heavy atom. The third-order valence-electron chi connectivity index (χ3n) is 3.70. The van der Waals surface area contributed by atoms with Gasteiger partial charge in [-0.25, -0.2) is 4.39 Å². The molecule has 146 valence electrons. The highest BCUT2D eigenvalue weighted by atomic mass is 19.5. The fourth-order valence-corrected chi connectivity index (χ4v) is 2.42. The van der Waals surface area contributed by atoms with Gasteiger partial charge in [0.05, 0.1) is 11.4 Å². The average molecular weight is 396 g/mol. The van der Waals surface area contributed by atoms with Crippen molar-refractivity contribution in [1.29, 1.82) is 5.39 Å². The lowest BCUT2D eigenvalue weighted by molar-refractivity contribution is -0.119. The molecule has 1 amide bonds. The molecular formula is C17H14BF5N4O. The van der Waals surface area contributed by atoms with Gasteiger partial charge in [-0.05, 0) is 32.0 Å². The topological polar surface area (TPSA) is 69.6 Å². The molecule has 3 rings (SSSR count). The Hall–Kier alpha value is -3.29. The summed E-state index contributed by atoms with van der Waals surface area (Å²) in [5.41, 5.74) is 0.856. The number of carbonyl (C=O) groups is 1. The molecule has 0 spiro atoms. The largest absolute Gasteiger partial charge is 0.673 e. The van der Waals surface area contributed by atoms with E-state index in [-0.39, 0.29) is 11.5 Å². The van der Waals surface area contributed by atoms with Crippen molar-refractivity contribution in [3.63, 3.8) is 0 Å². The van der Waals surface area contributed by atoms with Gasteiger partial charge < -0.3 is 22.6 Å². The smallest absolute Gasteiger partial charge is 0.418 e. The maximum atomic E-state index is 14.3. The summed E-state index contributed by atoms with van der Waals surface area (Å²) in [5, 5.41) is 11.8. The first-order chi connectivity index (χ1) is 12.9. The van der Waals surface area contributed by atoms with Gasteiger partial charge >= 0.3 is 12.9 Å². The second-order valence-electron chi connectivity index (χ2n) is 6.28. The second kappa shape index (κ2) is 7.76. The summed E-state index contributed by atoms with van der Waals surface area (Å²) < 4.78 is 53.3. The molecule has 28 heavy (non-hydrogen) atoms. The standard InChI is InChI=1S/C17H13FN4O.BF4/c1-17(2)16(23)20-14-8-7-10(22-19)9-12(14)15(21-17)11-5-3-4-6-13(11)18;2-1(3,4)5/h3-9H,1-2H3;/q;-1/p+1. The summed E-state index contributed by atoms with van der Waals surface area (Å²) in [4.78, 5) is 20.0. The van der Waals surface area contributed by atoms with Crippen LogP contribution in [0.5, 0.6) is 0 Å². The molecule has 2 aromatic rings. The van der Waals surface area contributed by atoms with Crippen molar-refractivity contribution in [2.75, 3.05) is 5.32 Å². The van der Waals surface area contributed by atoms with Gasteiger partial charge in [0.15, 0.2) is 4.98 Å². The molecule has 0 saturated carbocycles. The second-order valence-corrected chi connectivity index (χ2v) is 6.28. The highest BCUT2D eigenvalue weighted by Crippen LogP contribution is 2.31. The summed E-state index contributed by atoms with van der Waals surface area (Å²) >= 11 is 0. The molecule has 0 aliphatic carbocycles. The van der Waals surface area contributed by atoms with Crippen LogP contribution in [-0.4, -0.2) is 24.4 Å². The molecule has 0 saturated heterocycles. The minimum Gasteiger partial charge on any atom is -0.418 e. The minimum absolute atomic E-state index is 0.286. The minimum atomic E-state index is -6.00. The van der Waals surface area contributed by atoms with Crippen molar-refractivity contribution in [2.24, 2.45) is 4.99 Å². The van der Waals surface area contributed by atoms with Gasteiger partial charge in [-0.3, -0.25) is 9.79 Å². The Kier molecular flexibility index (Phi) is 5.82. The number of halogens is 5. The molecular weight excluding hydrogens is 382 g/mol. The molecule has 1 heterocycles. The number of aliphatic imine (C=N–C) groups is 1. The van der Waals surface area contributed by atoms with Crippen LogP contribution < -0.4 is 5.32 Å². The van der Waals surface area contributed by atoms with Crippen molar-refractivity contribution < 1.29 is 26.4 Å². The zero-order valence-corrected chi connectivity index (χ0v) is 14.8. The van der Waals surface area contributed by atoms with Crippen LogP contribution in [0, 0.1) is 11.2 Å². The highest BCUT2D eigenvalue weighted by Gasteiger charge is 2.33. The van der Waals surface area contributed by atoms with E-state index in [1.807, 2.05) is 0 Å². The van der Waals surface area contributed by atoms with Crippen LogP contribution in [0.25, 0.3) is 4.98 Å². The van der Waals surface area contributed by atoms with Gasteiger partial charge in [0.2, 0.25) is 5.39 Å². The highest BCUT2D eigenvalue weighted by molar-refractivity contribution is 6.50. The van der Waals surface area contributed by atoms with Crippen molar-refractivity contribution in [3.8, 4) is 0 Å². The molecule has 1 aliphatic rings. The number of anilines is 1. The van der Waals surface area contributed by atoms with Gasteiger partial charge in [0.25, 0.3) is 5.91 Å². The van der Waals surface area contributed by atoms with E-state index in [1.165, 1.54) is 6.07 Å². The van der Waals surface area contributed by atoms with Gasteiger partial charge in [-0.15, -0.1) is 0 Å². The van der Waals surface area contributed by atoms with Crippen LogP contribution in [0.3, 0.4) is 0 Å². The number of fused-ring (bicyclic) bond motifs is 1. The van der Waals surface area contributed by atoms with E-state index in [4.69, 9.17) is 5.39 Å². The molecule has 0 fully saturated rings. The third kappa shape index (κ3) is 5.13. The summed E-state index contributed by atoms with van der Waals surface area (Å²) in [6.07, 6.45) is 0. The Morgan fingerprint density at radius 1 is 1.07 bits per heavy atom. The molecule has 11 heteroatoms. The van der Waals surface area contributed by atoms with Crippen LogP contribution in [0.1, 0.15) is 25.0 Å². The van der Waals surface area contributed by atoms with E-state index in [0.29, 0.717) is 22.6 Å². The van der Waals surface area contributed by atoms with E-state index >= 15 is 0 Å². The fraction of sp³-hybridized carbons (Fsp3) is 0.176. The number of hydrogen-bond donors (Lipinski definition) is 1. The lowest BCUT2D eigenvalue weighted by atomic mass is 9.99. The van der Waals surface area contributed by atoms with Gasteiger partial charge in [-0.1, -0.05) is 12.1 Å². The molecule has 2 aromatic carbocycles. The van der Waals surface area contributed by atoms with Crippen molar-refractivity contribution in [2.45, 2.75) is 19.4 Å². The maximum absolute atomic E-state index is 14.3. The zero-order chi connectivity index (χ0) is 21.1. The first kappa shape index (κ1) is 21.0. The van der Waals surface area contributed by atoms with Gasteiger partial charge in [0.1, 0.15) is 11.4 Å².